The first-order valence-electron chi connectivity index (χ1n) is 10.8. The molecule has 5 rings (SSSR count). The number of nitrogens with one attached hydrogen (secondary N) is 1. The van der Waals surface area contributed by atoms with Gasteiger partial charge < -0.3 is 30.2 Å². The molecule has 15 heteroatoms. The molecule has 190 valence electrons. The summed E-state index contributed by atoms with van der Waals surface area (Å²) in [5.74, 6) is -1.80. The number of oxazole rings is 1. The number of fused-ring (bicyclic) bond motifs is 1. The summed E-state index contributed by atoms with van der Waals surface area (Å²) in [6.45, 7) is 0.233. The van der Waals surface area contributed by atoms with Crippen molar-refractivity contribution in [2.24, 2.45) is 5.16 Å². The fourth-order valence-corrected chi connectivity index (χ4v) is 5.88. The molecule has 1 fully saturated rings. The Kier molecular flexibility index (Phi) is 6.62. The van der Waals surface area contributed by atoms with E-state index in [0.29, 0.717) is 17.1 Å². The number of carboxylic acids is 1. The molecular weight excluding hydrogens is 522 g/mol. The lowest BCUT2D eigenvalue weighted by molar-refractivity contribution is -0.689. The smallest absolute Gasteiger partial charge is 0.276 e. The van der Waals surface area contributed by atoms with Crippen LogP contribution in [0.25, 0.3) is 11.3 Å². The number of β-lactam (4-membered cyclic amide) rings is 1. The number of thiazole rings is 1. The van der Waals surface area contributed by atoms with Gasteiger partial charge in [0.2, 0.25) is 0 Å². The number of nitrogens with two attached hydrogens (primary N) is 1. The fourth-order valence-electron chi connectivity index (χ4n) is 4.00. The molecule has 0 radical (unpaired) electrons. The third-order valence-corrected chi connectivity index (χ3v) is 7.68. The topological polar surface area (TPSA) is 180 Å². The lowest BCUT2D eigenvalue weighted by Crippen LogP contribution is -2.71. The van der Waals surface area contributed by atoms with Gasteiger partial charge >= 0.3 is 0 Å². The van der Waals surface area contributed by atoms with E-state index in [0.717, 1.165) is 21.8 Å². The molecule has 0 aromatic carbocycles. The Labute approximate surface area is 217 Å². The van der Waals surface area contributed by atoms with Gasteiger partial charge in [-0.05, 0) is 0 Å². The Hall–Kier alpha value is -4.24. The van der Waals surface area contributed by atoms with E-state index in [1.165, 1.54) is 30.6 Å². The number of amides is 2. The summed E-state index contributed by atoms with van der Waals surface area (Å²) in [5, 5.41) is 19.5. The Morgan fingerprint density at radius 1 is 1.41 bits per heavy atom. The number of thioether (sulfide) groups is 1. The quantitative estimate of drug-likeness (QED) is 0.157. The number of aliphatic carboxylic acids is 1. The van der Waals surface area contributed by atoms with Crippen LogP contribution < -0.4 is 20.7 Å². The number of pyridine rings is 1. The number of oxime groups is 1. The number of carbonyl (C=O) groups is 3. The molecular formula is C22H19N7O6S2. The van der Waals surface area contributed by atoms with Gasteiger partial charge in [-0.25, -0.2) is 14.5 Å². The van der Waals surface area contributed by atoms with Gasteiger partial charge in [0, 0.05) is 34.4 Å². The van der Waals surface area contributed by atoms with Crippen molar-refractivity contribution in [1.29, 1.82) is 0 Å². The minimum atomic E-state index is -1.46. The average Bonchev–Trinajstić information content (AvgIpc) is 3.58. The fraction of sp³-hybridized carbons (Fsp3) is 0.227. The summed E-state index contributed by atoms with van der Waals surface area (Å²) in [5.41, 5.74) is 6.83. The monoisotopic (exact) mass is 541 g/mol. The van der Waals surface area contributed by atoms with Crippen LogP contribution in [0, 0.1) is 0 Å². The maximum atomic E-state index is 13.0. The van der Waals surface area contributed by atoms with Crippen LogP contribution in [0.5, 0.6) is 0 Å². The predicted octanol–water partition coefficient (Wildman–Crippen LogP) is -0.878. The minimum Gasteiger partial charge on any atom is -0.543 e. The largest absolute Gasteiger partial charge is 0.543 e. The van der Waals surface area contributed by atoms with Crippen molar-refractivity contribution in [3.8, 4) is 11.3 Å². The SMILES string of the molecule is CON=C(C(=O)N[C@@H]1C(=O)N2C(C(=O)[O-])=C(C[n+]3ccc(-c4cnco4)cc3)CS[C@@H]12)c1csc(N)n1. The molecule has 0 spiro atoms. The summed E-state index contributed by atoms with van der Waals surface area (Å²) in [6.07, 6.45) is 6.48. The molecule has 13 nitrogen and oxygen atoms in total. The predicted molar refractivity (Wildman–Crippen MR) is 129 cm³/mol. The molecule has 3 N–H and O–H groups in total. The second-order valence-corrected chi connectivity index (χ2v) is 9.91. The number of rotatable bonds is 8. The second kappa shape index (κ2) is 10.0. The molecule has 0 aliphatic carbocycles. The van der Waals surface area contributed by atoms with Gasteiger partial charge in [0.25, 0.3) is 11.8 Å². The second-order valence-electron chi connectivity index (χ2n) is 7.92. The number of hydrogen-bond donors (Lipinski definition) is 2. The van der Waals surface area contributed by atoms with Crippen molar-refractivity contribution in [2.45, 2.75) is 18.0 Å². The zero-order valence-electron chi connectivity index (χ0n) is 19.2. The lowest BCUT2D eigenvalue weighted by atomic mass is 10.0. The van der Waals surface area contributed by atoms with Crippen molar-refractivity contribution in [3.63, 3.8) is 0 Å². The average molecular weight is 542 g/mol. The van der Waals surface area contributed by atoms with Crippen LogP contribution in [0.4, 0.5) is 5.13 Å². The molecule has 3 aromatic rings. The molecule has 0 saturated carbocycles. The highest BCUT2D eigenvalue weighted by Crippen LogP contribution is 2.40. The van der Waals surface area contributed by atoms with Crippen LogP contribution in [0.15, 0.2) is 63.3 Å². The van der Waals surface area contributed by atoms with E-state index < -0.39 is 29.2 Å². The number of nitrogen functional groups attached to an aromatic ring is 1. The molecule has 0 unspecified atom stereocenters. The lowest BCUT2D eigenvalue weighted by Gasteiger charge is -2.50. The van der Waals surface area contributed by atoms with Crippen LogP contribution in [-0.2, 0) is 25.8 Å². The summed E-state index contributed by atoms with van der Waals surface area (Å²) in [7, 11) is 1.27. The standard InChI is InChI=1S/C22H19N7O6S2/c1-34-27-15(13-9-37-22(23)25-13)18(30)26-16-19(31)29-17(21(32)33)12(8-36-20(16)29)7-28-4-2-11(3-5-28)14-6-24-10-35-14/h2-6,9-10,16,20H,7-8H2,1H3,(H3-,23,25,26,30,32,33)/t16-,20+/m1/s1. The van der Waals surface area contributed by atoms with E-state index >= 15 is 0 Å². The van der Waals surface area contributed by atoms with Crippen molar-refractivity contribution in [2.75, 3.05) is 18.6 Å². The zero-order chi connectivity index (χ0) is 26.1. The first-order valence-corrected chi connectivity index (χ1v) is 12.7. The highest BCUT2D eigenvalue weighted by atomic mass is 32.2. The maximum absolute atomic E-state index is 13.0. The third-order valence-electron chi connectivity index (χ3n) is 5.67. The highest BCUT2D eigenvalue weighted by molar-refractivity contribution is 8.00. The van der Waals surface area contributed by atoms with Gasteiger partial charge in [-0.3, -0.25) is 14.5 Å². The van der Waals surface area contributed by atoms with Gasteiger partial charge in [-0.15, -0.1) is 23.1 Å². The van der Waals surface area contributed by atoms with Crippen molar-refractivity contribution < 1.29 is 33.3 Å². The molecule has 3 aromatic heterocycles. The number of carboxylic acid groups (broad SMARTS) is 1. The van der Waals surface area contributed by atoms with E-state index in [1.807, 2.05) is 12.1 Å². The molecule has 2 atom stereocenters. The third kappa shape index (κ3) is 4.65. The Bertz CT molecular complexity index is 1420. The summed E-state index contributed by atoms with van der Waals surface area (Å²) in [6, 6.07) is 2.67. The summed E-state index contributed by atoms with van der Waals surface area (Å²) >= 11 is 2.46. The van der Waals surface area contributed by atoms with Crippen LogP contribution >= 0.6 is 23.1 Å². The molecule has 2 amide bonds. The number of aromatic nitrogens is 3. The van der Waals surface area contributed by atoms with E-state index in [9.17, 15) is 19.5 Å². The van der Waals surface area contributed by atoms with Crippen molar-refractivity contribution in [1.82, 2.24) is 20.2 Å². The van der Waals surface area contributed by atoms with Gasteiger partial charge in [0.05, 0.1) is 17.9 Å². The van der Waals surface area contributed by atoms with Crippen molar-refractivity contribution in [3.05, 3.63) is 59.5 Å². The minimum absolute atomic E-state index is 0.149. The Balaban J connectivity index is 1.32. The molecule has 2 aliphatic heterocycles. The Morgan fingerprint density at radius 2 is 2.19 bits per heavy atom. The molecule has 37 heavy (non-hydrogen) atoms. The Morgan fingerprint density at radius 3 is 2.81 bits per heavy atom. The van der Waals surface area contributed by atoms with Crippen LogP contribution in [-0.4, -0.2) is 62.6 Å². The number of anilines is 1. The molecule has 1 saturated heterocycles. The van der Waals surface area contributed by atoms with E-state index in [2.05, 4.69) is 20.4 Å². The molecule has 5 heterocycles. The number of carbonyl (C=O) groups excluding carboxylic acids is 3. The first-order chi connectivity index (χ1) is 17.9. The van der Waals surface area contributed by atoms with Gasteiger partial charge in [-0.1, -0.05) is 5.16 Å². The highest BCUT2D eigenvalue weighted by Gasteiger charge is 2.53. The number of hydrogen-bond acceptors (Lipinski definition) is 12. The van der Waals surface area contributed by atoms with Crippen LogP contribution in [0.3, 0.4) is 0 Å². The number of nitrogens with zero attached hydrogens (tertiary/aromatic N) is 5. The van der Waals surface area contributed by atoms with Gasteiger partial charge in [-0.2, -0.15) is 0 Å². The van der Waals surface area contributed by atoms with Crippen molar-refractivity contribution >= 4 is 51.7 Å². The van der Waals surface area contributed by atoms with E-state index in [1.54, 1.807) is 23.2 Å². The molecule has 2 aliphatic rings. The van der Waals surface area contributed by atoms with E-state index in [4.69, 9.17) is 15.0 Å². The van der Waals surface area contributed by atoms with Crippen LogP contribution in [0.2, 0.25) is 0 Å². The summed E-state index contributed by atoms with van der Waals surface area (Å²) < 4.78 is 7.07. The molecule has 0 bridgehead atoms. The van der Waals surface area contributed by atoms with E-state index in [-0.39, 0.29) is 28.8 Å². The zero-order valence-corrected chi connectivity index (χ0v) is 20.8. The normalized spacial score (nSPS) is 19.3. The summed E-state index contributed by atoms with van der Waals surface area (Å²) in [4.78, 5) is 51.7. The maximum Gasteiger partial charge on any atom is 0.276 e. The van der Waals surface area contributed by atoms with Gasteiger partial charge in [0.1, 0.15) is 24.2 Å². The van der Waals surface area contributed by atoms with Crippen LogP contribution in [0.1, 0.15) is 5.69 Å². The van der Waals surface area contributed by atoms with Gasteiger partial charge in [0.15, 0.2) is 41.9 Å². The first kappa shape index (κ1) is 24.5.